The molecule has 4 nitrogen and oxygen atoms in total. The van der Waals surface area contributed by atoms with E-state index in [9.17, 15) is 4.79 Å². The van der Waals surface area contributed by atoms with E-state index >= 15 is 0 Å². The number of fused-ring (bicyclic) bond motifs is 2. The van der Waals surface area contributed by atoms with Gasteiger partial charge in [-0.3, -0.25) is 4.79 Å². The van der Waals surface area contributed by atoms with E-state index in [-0.39, 0.29) is 5.91 Å². The lowest BCUT2D eigenvalue weighted by Crippen LogP contribution is -2.24. The predicted molar refractivity (Wildman–Crippen MR) is 91.7 cm³/mol. The summed E-state index contributed by atoms with van der Waals surface area (Å²) in [7, 11) is 0. The zero-order valence-electron chi connectivity index (χ0n) is 13.6. The molecule has 0 unspecified atom stereocenters. The molecule has 2 aromatic carbocycles. The van der Waals surface area contributed by atoms with E-state index < -0.39 is 0 Å². The maximum absolute atomic E-state index is 12.5. The smallest absolute Gasteiger partial charge is 0.251 e. The van der Waals surface area contributed by atoms with Gasteiger partial charge < -0.3 is 14.8 Å². The van der Waals surface area contributed by atoms with Gasteiger partial charge in [-0.2, -0.15) is 0 Å². The van der Waals surface area contributed by atoms with Gasteiger partial charge in [0.15, 0.2) is 11.5 Å². The second-order valence-corrected chi connectivity index (χ2v) is 6.31. The summed E-state index contributed by atoms with van der Waals surface area (Å²) in [5.41, 5.74) is 4.39. The topological polar surface area (TPSA) is 47.6 Å². The summed E-state index contributed by atoms with van der Waals surface area (Å²) in [5.74, 6) is 1.45. The second-order valence-electron chi connectivity index (χ2n) is 6.31. The average molecular weight is 323 g/mol. The van der Waals surface area contributed by atoms with E-state index in [1.165, 1.54) is 24.0 Å². The third kappa shape index (κ3) is 2.96. The predicted octanol–water partition coefficient (Wildman–Crippen LogP) is 3.27. The summed E-state index contributed by atoms with van der Waals surface area (Å²) >= 11 is 0. The highest BCUT2D eigenvalue weighted by Crippen LogP contribution is 2.33. The van der Waals surface area contributed by atoms with Gasteiger partial charge in [0.1, 0.15) is 13.2 Å². The van der Waals surface area contributed by atoms with Crippen LogP contribution in [0.2, 0.25) is 0 Å². The SMILES string of the molecule is O=C(NCc1cccc2c1OCCO2)c1ccc2c(c1)CCCC2. The molecule has 0 saturated heterocycles. The first-order valence-corrected chi connectivity index (χ1v) is 8.59. The fourth-order valence-electron chi connectivity index (χ4n) is 3.43. The largest absolute Gasteiger partial charge is 0.486 e. The minimum atomic E-state index is -0.0438. The van der Waals surface area contributed by atoms with Gasteiger partial charge in [0.2, 0.25) is 0 Å². The molecule has 4 heteroatoms. The van der Waals surface area contributed by atoms with Crippen molar-refractivity contribution in [3.8, 4) is 11.5 Å². The van der Waals surface area contributed by atoms with E-state index in [0.29, 0.717) is 19.8 Å². The van der Waals surface area contributed by atoms with Crippen LogP contribution in [0.15, 0.2) is 36.4 Å². The Hall–Kier alpha value is -2.49. The molecule has 1 N–H and O–H groups in total. The first kappa shape index (κ1) is 15.1. The fourth-order valence-corrected chi connectivity index (χ4v) is 3.43. The second kappa shape index (κ2) is 6.56. The number of carbonyl (C=O) groups excluding carboxylic acids is 1. The van der Waals surface area contributed by atoms with Gasteiger partial charge in [0.25, 0.3) is 5.91 Å². The minimum Gasteiger partial charge on any atom is -0.486 e. The molecule has 0 saturated carbocycles. The van der Waals surface area contributed by atoms with Gasteiger partial charge in [-0.25, -0.2) is 0 Å². The lowest BCUT2D eigenvalue weighted by atomic mass is 9.90. The molecule has 2 aliphatic rings. The number of nitrogens with one attached hydrogen (secondary N) is 1. The molecule has 1 amide bonds. The number of hydrogen-bond acceptors (Lipinski definition) is 3. The van der Waals surface area contributed by atoms with Crippen molar-refractivity contribution in [2.75, 3.05) is 13.2 Å². The van der Waals surface area contributed by atoms with Gasteiger partial charge in [-0.05, 0) is 55.0 Å². The first-order chi connectivity index (χ1) is 11.8. The summed E-state index contributed by atoms with van der Waals surface area (Å²) in [6.45, 7) is 1.54. The Morgan fingerprint density at radius 1 is 1.00 bits per heavy atom. The molecule has 2 aromatic rings. The number of para-hydroxylation sites is 1. The van der Waals surface area contributed by atoms with E-state index in [1.54, 1.807) is 0 Å². The van der Waals surface area contributed by atoms with E-state index in [4.69, 9.17) is 9.47 Å². The molecule has 24 heavy (non-hydrogen) atoms. The maximum Gasteiger partial charge on any atom is 0.251 e. The highest BCUT2D eigenvalue weighted by Gasteiger charge is 2.17. The molecule has 124 valence electrons. The number of carbonyl (C=O) groups is 1. The lowest BCUT2D eigenvalue weighted by Gasteiger charge is -2.21. The molecule has 1 aliphatic heterocycles. The van der Waals surface area contributed by atoms with Gasteiger partial charge >= 0.3 is 0 Å². The van der Waals surface area contributed by atoms with Crippen molar-refractivity contribution in [2.45, 2.75) is 32.2 Å². The fraction of sp³-hybridized carbons (Fsp3) is 0.350. The summed E-state index contributed by atoms with van der Waals surface area (Å²) in [6, 6.07) is 11.9. The van der Waals surface area contributed by atoms with Crippen LogP contribution in [0.4, 0.5) is 0 Å². The normalized spacial score (nSPS) is 15.5. The molecule has 1 heterocycles. The van der Waals surface area contributed by atoms with Crippen LogP contribution in [0.5, 0.6) is 11.5 Å². The van der Waals surface area contributed by atoms with E-state index in [2.05, 4.69) is 11.4 Å². The zero-order valence-corrected chi connectivity index (χ0v) is 13.6. The van der Waals surface area contributed by atoms with Gasteiger partial charge in [-0.1, -0.05) is 18.2 Å². The van der Waals surface area contributed by atoms with Gasteiger partial charge in [-0.15, -0.1) is 0 Å². The lowest BCUT2D eigenvalue weighted by molar-refractivity contribution is 0.0949. The highest BCUT2D eigenvalue weighted by atomic mass is 16.6. The van der Waals surface area contributed by atoms with E-state index in [0.717, 1.165) is 35.5 Å². The highest BCUT2D eigenvalue weighted by molar-refractivity contribution is 5.94. The minimum absolute atomic E-state index is 0.0438. The van der Waals surface area contributed by atoms with Crippen LogP contribution in [-0.2, 0) is 19.4 Å². The monoisotopic (exact) mass is 323 g/mol. The van der Waals surface area contributed by atoms with Crippen LogP contribution in [0.1, 0.15) is 39.9 Å². The van der Waals surface area contributed by atoms with Gasteiger partial charge in [0, 0.05) is 17.7 Å². The van der Waals surface area contributed by atoms with Crippen molar-refractivity contribution >= 4 is 5.91 Å². The number of ether oxygens (including phenoxy) is 2. The Balaban J connectivity index is 1.47. The number of amides is 1. The van der Waals surface area contributed by atoms with Crippen LogP contribution in [0.3, 0.4) is 0 Å². The molecule has 0 radical (unpaired) electrons. The van der Waals surface area contributed by atoms with E-state index in [1.807, 2.05) is 30.3 Å². The van der Waals surface area contributed by atoms with Crippen LogP contribution in [-0.4, -0.2) is 19.1 Å². The maximum atomic E-state index is 12.5. The third-order valence-electron chi connectivity index (χ3n) is 4.70. The van der Waals surface area contributed by atoms with Crippen LogP contribution >= 0.6 is 0 Å². The summed E-state index contributed by atoms with van der Waals surface area (Å²) in [6.07, 6.45) is 4.67. The standard InChI is InChI=1S/C20H21NO3/c22-20(16-9-8-14-4-1-2-5-15(14)12-16)21-13-17-6-3-7-18-19(17)24-11-10-23-18/h3,6-9,12H,1-2,4-5,10-11,13H2,(H,21,22). The van der Waals surface area contributed by atoms with Crippen molar-refractivity contribution in [1.29, 1.82) is 0 Å². The molecule has 0 atom stereocenters. The van der Waals surface area contributed by atoms with Crippen molar-refractivity contribution < 1.29 is 14.3 Å². The number of hydrogen-bond donors (Lipinski definition) is 1. The Morgan fingerprint density at radius 2 is 1.83 bits per heavy atom. The molecular formula is C20H21NO3. The summed E-state index contributed by atoms with van der Waals surface area (Å²) < 4.78 is 11.3. The quantitative estimate of drug-likeness (QED) is 0.943. The van der Waals surface area contributed by atoms with Crippen molar-refractivity contribution in [2.24, 2.45) is 0 Å². The third-order valence-corrected chi connectivity index (χ3v) is 4.70. The Labute approximate surface area is 141 Å². The van der Waals surface area contributed by atoms with Crippen LogP contribution in [0, 0.1) is 0 Å². The molecule has 0 fully saturated rings. The molecule has 4 rings (SSSR count). The molecule has 1 aliphatic carbocycles. The van der Waals surface area contributed by atoms with Crippen molar-refractivity contribution in [3.05, 3.63) is 58.7 Å². The Kier molecular flexibility index (Phi) is 4.11. The molecule has 0 bridgehead atoms. The number of rotatable bonds is 3. The number of aryl methyl sites for hydroxylation is 2. The summed E-state index contributed by atoms with van der Waals surface area (Å²) in [5, 5.41) is 3.00. The average Bonchev–Trinajstić information content (AvgIpc) is 2.65. The van der Waals surface area contributed by atoms with Crippen molar-refractivity contribution in [1.82, 2.24) is 5.32 Å². The summed E-state index contributed by atoms with van der Waals surface area (Å²) in [4.78, 5) is 12.5. The molecular weight excluding hydrogens is 302 g/mol. The van der Waals surface area contributed by atoms with Crippen molar-refractivity contribution in [3.63, 3.8) is 0 Å². The van der Waals surface area contributed by atoms with Crippen LogP contribution < -0.4 is 14.8 Å². The zero-order chi connectivity index (χ0) is 16.4. The Bertz CT molecular complexity index is 769. The number of benzene rings is 2. The first-order valence-electron chi connectivity index (χ1n) is 8.59. The van der Waals surface area contributed by atoms with Crippen LogP contribution in [0.25, 0.3) is 0 Å². The Morgan fingerprint density at radius 3 is 2.75 bits per heavy atom. The molecule has 0 aromatic heterocycles. The van der Waals surface area contributed by atoms with Gasteiger partial charge in [0.05, 0.1) is 0 Å². The molecule has 0 spiro atoms.